The minimum atomic E-state index is -0.565. The van der Waals surface area contributed by atoms with Crippen LogP contribution in [0.1, 0.15) is 60.4 Å². The number of nitriles is 1. The molecule has 0 aromatic heterocycles. The third kappa shape index (κ3) is 5.54. The molecule has 5 rings (SSSR count). The van der Waals surface area contributed by atoms with Gasteiger partial charge in [0.2, 0.25) is 0 Å². The Kier molecular flexibility index (Phi) is 7.80. The van der Waals surface area contributed by atoms with Crippen molar-refractivity contribution in [3.05, 3.63) is 116 Å². The van der Waals surface area contributed by atoms with Crippen LogP contribution in [0.25, 0.3) is 0 Å². The van der Waals surface area contributed by atoms with Crippen molar-refractivity contribution in [3.63, 3.8) is 0 Å². The van der Waals surface area contributed by atoms with Crippen molar-refractivity contribution >= 4 is 34.8 Å². The molecule has 0 radical (unpaired) electrons. The number of rotatable bonds is 5. The monoisotopic (exact) mass is 585 g/mol. The van der Waals surface area contributed by atoms with Crippen molar-refractivity contribution in [1.29, 1.82) is 5.26 Å². The molecule has 0 amide bonds. The van der Waals surface area contributed by atoms with E-state index in [1.807, 2.05) is 36.9 Å². The number of thioether (sulfide) groups is 1. The van der Waals surface area contributed by atoms with Crippen LogP contribution < -0.4 is 10.6 Å². The molecule has 2 aliphatic rings. The van der Waals surface area contributed by atoms with E-state index in [-0.39, 0.29) is 17.0 Å². The van der Waals surface area contributed by atoms with Crippen LogP contribution in [0.2, 0.25) is 5.02 Å². The molecule has 7 heteroatoms. The highest BCUT2D eigenvalue weighted by Gasteiger charge is 2.45. The number of allylic oxidation sites excluding steroid dienone is 3. The van der Waals surface area contributed by atoms with E-state index >= 15 is 0 Å². The highest BCUT2D eigenvalue weighted by Crippen LogP contribution is 2.51. The number of anilines is 1. The second-order valence-electron chi connectivity index (χ2n) is 11.8. The molecule has 0 fully saturated rings. The maximum atomic E-state index is 14.0. The number of aryl methyl sites for hydroxylation is 3. The molecule has 2 N–H and O–H groups in total. The first-order chi connectivity index (χ1) is 19.4. The number of hydrogen-bond acceptors (Lipinski definition) is 5. The zero-order valence-corrected chi connectivity index (χ0v) is 25.5. The van der Waals surface area contributed by atoms with Gasteiger partial charge in [0.05, 0.1) is 23.2 Å². The summed E-state index contributed by atoms with van der Waals surface area (Å²) in [6, 6.07) is 18.7. The lowest BCUT2D eigenvalue weighted by atomic mass is 9.68. The van der Waals surface area contributed by atoms with Gasteiger partial charge in [0.15, 0.2) is 5.78 Å². The Bertz CT molecular complexity index is 1670. The predicted octanol–water partition coefficient (Wildman–Crippen LogP) is 8.64. The average molecular weight is 586 g/mol. The van der Waals surface area contributed by atoms with Gasteiger partial charge in [0.1, 0.15) is 11.6 Å². The highest BCUT2D eigenvalue weighted by atomic mass is 35.5. The Labute approximate surface area is 250 Å². The number of halogens is 2. The lowest BCUT2D eigenvalue weighted by Gasteiger charge is -2.44. The van der Waals surface area contributed by atoms with Gasteiger partial charge in [-0.15, -0.1) is 11.8 Å². The van der Waals surface area contributed by atoms with E-state index in [0.29, 0.717) is 40.6 Å². The summed E-state index contributed by atoms with van der Waals surface area (Å²) >= 11 is 8.04. The molecular formula is C34H33ClFN3OS. The van der Waals surface area contributed by atoms with Crippen LogP contribution >= 0.6 is 23.4 Å². The fraction of sp³-hybridized carbons (Fsp3) is 0.294. The number of carbonyl (C=O) groups is 1. The number of hydrogen-bond donors (Lipinski definition) is 1. The van der Waals surface area contributed by atoms with E-state index in [2.05, 4.69) is 39.0 Å². The molecule has 0 bridgehead atoms. The molecule has 41 heavy (non-hydrogen) atoms. The molecule has 3 aromatic carbocycles. The average Bonchev–Trinajstić information content (AvgIpc) is 2.90. The van der Waals surface area contributed by atoms with Crippen LogP contribution in [0.5, 0.6) is 0 Å². The first-order valence-corrected chi connectivity index (χ1v) is 15.0. The first-order valence-electron chi connectivity index (χ1n) is 13.6. The lowest BCUT2D eigenvalue weighted by molar-refractivity contribution is -0.118. The summed E-state index contributed by atoms with van der Waals surface area (Å²) in [5.74, 6) is 0.201. The number of benzene rings is 3. The SMILES string of the molecule is Cc1cc(C)c(C2C(C#N)=C(N)N(c3cc(Cl)ccc3C)C3=C2C(=O)CC(C)(C)C3)cc1CSc1ccc(F)cc1. The van der Waals surface area contributed by atoms with E-state index < -0.39 is 5.92 Å². The second-order valence-corrected chi connectivity index (χ2v) is 13.3. The van der Waals surface area contributed by atoms with Crippen molar-refractivity contribution in [2.75, 3.05) is 4.90 Å². The lowest BCUT2D eigenvalue weighted by Crippen LogP contribution is -2.42. The Morgan fingerprint density at radius 2 is 1.76 bits per heavy atom. The van der Waals surface area contributed by atoms with Gasteiger partial charge in [-0.3, -0.25) is 9.69 Å². The zero-order valence-electron chi connectivity index (χ0n) is 23.9. The van der Waals surface area contributed by atoms with Crippen molar-refractivity contribution in [1.82, 2.24) is 0 Å². The highest BCUT2D eigenvalue weighted by molar-refractivity contribution is 7.98. The molecule has 1 atom stereocenters. The van der Waals surface area contributed by atoms with Crippen LogP contribution in [0.4, 0.5) is 10.1 Å². The number of nitrogens with two attached hydrogens (primary N) is 1. The molecule has 4 nitrogen and oxygen atoms in total. The summed E-state index contributed by atoms with van der Waals surface area (Å²) in [5, 5.41) is 11.1. The van der Waals surface area contributed by atoms with Gasteiger partial charge in [0.25, 0.3) is 0 Å². The van der Waals surface area contributed by atoms with E-state index in [4.69, 9.17) is 17.3 Å². The van der Waals surface area contributed by atoms with Gasteiger partial charge >= 0.3 is 0 Å². The summed E-state index contributed by atoms with van der Waals surface area (Å²) in [4.78, 5) is 16.9. The number of Topliss-reactive ketones (excluding diaryl/α,β-unsaturated/α-hetero) is 1. The van der Waals surface area contributed by atoms with Gasteiger partial charge in [-0.05, 0) is 96.8 Å². The third-order valence-electron chi connectivity index (χ3n) is 8.04. The summed E-state index contributed by atoms with van der Waals surface area (Å²) in [6.07, 6.45) is 1.02. The van der Waals surface area contributed by atoms with Crippen LogP contribution in [0.3, 0.4) is 0 Å². The molecular weight excluding hydrogens is 553 g/mol. The van der Waals surface area contributed by atoms with E-state index in [9.17, 15) is 14.4 Å². The minimum Gasteiger partial charge on any atom is -0.384 e. The fourth-order valence-corrected chi connectivity index (χ4v) is 7.12. The fourth-order valence-electron chi connectivity index (χ4n) is 5.99. The topological polar surface area (TPSA) is 70.1 Å². The molecule has 1 aliphatic heterocycles. The Morgan fingerprint density at radius 1 is 1.05 bits per heavy atom. The number of nitrogens with zero attached hydrogens (tertiary/aromatic N) is 2. The van der Waals surface area contributed by atoms with Crippen LogP contribution in [-0.2, 0) is 10.5 Å². The molecule has 1 heterocycles. The number of carbonyl (C=O) groups excluding carboxylic acids is 1. The van der Waals surface area contributed by atoms with Gasteiger partial charge in [-0.2, -0.15) is 5.26 Å². The van der Waals surface area contributed by atoms with Gasteiger partial charge < -0.3 is 5.73 Å². The molecule has 1 aliphatic carbocycles. The molecule has 1 unspecified atom stereocenters. The maximum absolute atomic E-state index is 14.0. The molecule has 0 saturated carbocycles. The maximum Gasteiger partial charge on any atom is 0.162 e. The Hall–Kier alpha value is -3.53. The van der Waals surface area contributed by atoms with E-state index in [0.717, 1.165) is 44.1 Å². The third-order valence-corrected chi connectivity index (χ3v) is 9.33. The van der Waals surface area contributed by atoms with Gasteiger partial charge in [0, 0.05) is 33.4 Å². The molecule has 0 spiro atoms. The summed E-state index contributed by atoms with van der Waals surface area (Å²) in [5.41, 5.74) is 14.3. The second kappa shape index (κ2) is 11.0. The van der Waals surface area contributed by atoms with Gasteiger partial charge in [-0.25, -0.2) is 4.39 Å². The summed E-state index contributed by atoms with van der Waals surface area (Å²) in [6.45, 7) is 10.2. The standard InChI is InChI=1S/C34H33ClFN3OS/c1-19-6-7-23(35)14-28(19)39-29-15-34(4,5)16-30(40)32(29)31(27(17-37)33(39)38)26-13-22(20(2)12-21(26)3)18-41-25-10-8-24(36)9-11-25/h6-14,31H,15-16,18,38H2,1-5H3. The van der Waals surface area contributed by atoms with Crippen molar-refractivity contribution in [2.45, 2.75) is 64.0 Å². The largest absolute Gasteiger partial charge is 0.384 e. The predicted molar refractivity (Wildman–Crippen MR) is 165 cm³/mol. The molecule has 0 saturated heterocycles. The van der Waals surface area contributed by atoms with Crippen LogP contribution in [-0.4, -0.2) is 5.78 Å². The zero-order chi connectivity index (χ0) is 29.6. The normalized spacial score (nSPS) is 18.4. The van der Waals surface area contributed by atoms with E-state index in [1.54, 1.807) is 23.9 Å². The number of ketones is 1. The van der Waals surface area contributed by atoms with Crippen molar-refractivity contribution in [2.24, 2.45) is 11.1 Å². The Balaban J connectivity index is 1.68. The molecule has 3 aromatic rings. The van der Waals surface area contributed by atoms with E-state index in [1.165, 1.54) is 12.1 Å². The molecule has 210 valence electrons. The minimum absolute atomic E-state index is 0.0355. The van der Waals surface area contributed by atoms with Crippen LogP contribution in [0.15, 0.2) is 82.2 Å². The smallest absolute Gasteiger partial charge is 0.162 e. The summed E-state index contributed by atoms with van der Waals surface area (Å²) < 4.78 is 13.4. The summed E-state index contributed by atoms with van der Waals surface area (Å²) in [7, 11) is 0. The first kappa shape index (κ1) is 29.0. The van der Waals surface area contributed by atoms with Crippen LogP contribution in [0, 0.1) is 43.3 Å². The van der Waals surface area contributed by atoms with Gasteiger partial charge in [-0.1, -0.05) is 43.6 Å². The Morgan fingerprint density at radius 3 is 2.44 bits per heavy atom. The van der Waals surface area contributed by atoms with Crippen molar-refractivity contribution < 1.29 is 9.18 Å². The quantitative estimate of drug-likeness (QED) is 0.303. The van der Waals surface area contributed by atoms with Crippen molar-refractivity contribution in [3.8, 4) is 6.07 Å².